The Labute approximate surface area is 89.7 Å². The molecule has 0 radical (unpaired) electrons. The fraction of sp³-hybridized carbons (Fsp3) is 0.143. The maximum atomic E-state index is 9.78. The lowest BCUT2D eigenvalue weighted by Crippen LogP contribution is -1.79. The fourth-order valence-electron chi connectivity index (χ4n) is 1.69. The number of benzene rings is 2. The van der Waals surface area contributed by atoms with Gasteiger partial charge in [0.2, 0.25) is 0 Å². The molecule has 15 heavy (non-hydrogen) atoms. The molecule has 0 aliphatic carbocycles. The molecule has 2 aromatic rings. The average molecular weight is 198 g/mol. The Bertz CT molecular complexity index is 498. The van der Waals surface area contributed by atoms with Crippen molar-refractivity contribution in [1.82, 2.24) is 0 Å². The summed E-state index contributed by atoms with van der Waals surface area (Å²) in [6, 6.07) is 11.8. The molecule has 0 heterocycles. The van der Waals surface area contributed by atoms with Gasteiger partial charge in [0.25, 0.3) is 0 Å². The van der Waals surface area contributed by atoms with Crippen molar-refractivity contribution in [1.29, 1.82) is 0 Å². The van der Waals surface area contributed by atoms with Crippen molar-refractivity contribution in [2.24, 2.45) is 0 Å². The zero-order valence-electron chi connectivity index (χ0n) is 8.77. The number of phenols is 1. The van der Waals surface area contributed by atoms with E-state index >= 15 is 0 Å². The molecule has 0 saturated carbocycles. The molecule has 0 saturated heterocycles. The van der Waals surface area contributed by atoms with E-state index in [9.17, 15) is 5.11 Å². The molecule has 2 rings (SSSR count). The summed E-state index contributed by atoms with van der Waals surface area (Å²) in [6.45, 7) is 2.08. The quantitative estimate of drug-likeness (QED) is 0.774. The number of rotatable bonds is 2. The minimum Gasteiger partial charge on any atom is -0.507 e. The monoisotopic (exact) mass is 198 g/mol. The topological polar surface area (TPSA) is 20.2 Å². The normalized spacial score (nSPS) is 11.3. The van der Waals surface area contributed by atoms with Gasteiger partial charge in [-0.3, -0.25) is 0 Å². The zero-order chi connectivity index (χ0) is 10.7. The van der Waals surface area contributed by atoms with Crippen LogP contribution in [0.2, 0.25) is 0 Å². The van der Waals surface area contributed by atoms with Crippen LogP contribution in [0.5, 0.6) is 5.75 Å². The summed E-state index contributed by atoms with van der Waals surface area (Å²) in [7, 11) is 0. The van der Waals surface area contributed by atoms with E-state index in [1.54, 1.807) is 6.07 Å². The Morgan fingerprint density at radius 3 is 2.73 bits per heavy atom. The third-order valence-electron chi connectivity index (χ3n) is 2.47. The van der Waals surface area contributed by atoms with Gasteiger partial charge in [-0.2, -0.15) is 0 Å². The summed E-state index contributed by atoms with van der Waals surface area (Å²) in [5, 5.41) is 12.0. The van der Waals surface area contributed by atoms with Crippen molar-refractivity contribution in [3.05, 3.63) is 48.0 Å². The van der Waals surface area contributed by atoms with Gasteiger partial charge in [0.1, 0.15) is 5.75 Å². The van der Waals surface area contributed by atoms with E-state index in [-0.39, 0.29) is 0 Å². The summed E-state index contributed by atoms with van der Waals surface area (Å²) < 4.78 is 0. The largest absolute Gasteiger partial charge is 0.507 e. The van der Waals surface area contributed by atoms with Crippen LogP contribution in [0, 0.1) is 0 Å². The molecule has 0 fully saturated rings. The van der Waals surface area contributed by atoms with Crippen LogP contribution < -0.4 is 0 Å². The molecule has 1 N–H and O–H groups in total. The Morgan fingerprint density at radius 2 is 1.93 bits per heavy atom. The third-order valence-corrected chi connectivity index (χ3v) is 2.47. The van der Waals surface area contributed by atoms with E-state index < -0.39 is 0 Å². The van der Waals surface area contributed by atoms with E-state index in [0.717, 1.165) is 22.8 Å². The Morgan fingerprint density at radius 1 is 1.13 bits per heavy atom. The van der Waals surface area contributed by atoms with Gasteiger partial charge in [0.15, 0.2) is 0 Å². The van der Waals surface area contributed by atoms with E-state index in [2.05, 4.69) is 19.1 Å². The molecule has 0 spiro atoms. The van der Waals surface area contributed by atoms with Crippen molar-refractivity contribution in [2.75, 3.05) is 0 Å². The minimum absolute atomic E-state index is 0.346. The third kappa shape index (κ3) is 1.86. The highest BCUT2D eigenvalue weighted by Crippen LogP contribution is 2.28. The van der Waals surface area contributed by atoms with E-state index in [1.807, 2.05) is 30.3 Å². The maximum absolute atomic E-state index is 9.78. The maximum Gasteiger partial charge on any atom is 0.123 e. The Kier molecular flexibility index (Phi) is 2.72. The molecule has 1 heteroatoms. The van der Waals surface area contributed by atoms with Gasteiger partial charge in [-0.25, -0.2) is 0 Å². The second-order valence-corrected chi connectivity index (χ2v) is 3.53. The summed E-state index contributed by atoms with van der Waals surface area (Å²) in [5.41, 5.74) is 0.912. The highest BCUT2D eigenvalue weighted by atomic mass is 16.3. The van der Waals surface area contributed by atoms with E-state index in [4.69, 9.17) is 0 Å². The highest BCUT2D eigenvalue weighted by Gasteiger charge is 2.02. The van der Waals surface area contributed by atoms with Gasteiger partial charge in [0.05, 0.1) is 0 Å². The van der Waals surface area contributed by atoms with Gasteiger partial charge < -0.3 is 5.11 Å². The van der Waals surface area contributed by atoms with Crippen LogP contribution in [-0.2, 0) is 0 Å². The van der Waals surface area contributed by atoms with Crippen LogP contribution >= 0.6 is 0 Å². The lowest BCUT2D eigenvalue weighted by atomic mass is 10.0. The molecule has 1 nitrogen and oxygen atoms in total. The number of hydrogen-bond donors (Lipinski definition) is 1. The van der Waals surface area contributed by atoms with Crippen LogP contribution in [0.3, 0.4) is 0 Å². The second-order valence-electron chi connectivity index (χ2n) is 3.53. The first-order valence-corrected chi connectivity index (χ1v) is 5.20. The first-order chi connectivity index (χ1) is 7.33. The average Bonchev–Trinajstić information content (AvgIpc) is 2.28. The van der Waals surface area contributed by atoms with Crippen LogP contribution in [-0.4, -0.2) is 5.11 Å². The fourth-order valence-corrected chi connectivity index (χ4v) is 1.69. The second kappa shape index (κ2) is 4.18. The summed E-state index contributed by atoms with van der Waals surface area (Å²) in [5.74, 6) is 0.346. The van der Waals surface area contributed by atoms with Crippen LogP contribution in [0.15, 0.2) is 42.5 Å². The molecule has 0 aliphatic rings. The van der Waals surface area contributed by atoms with Crippen molar-refractivity contribution >= 4 is 16.8 Å². The molecular formula is C14H14O. The number of hydrogen-bond acceptors (Lipinski definition) is 1. The molecule has 0 aromatic heterocycles. The summed E-state index contributed by atoms with van der Waals surface area (Å²) >= 11 is 0. The van der Waals surface area contributed by atoms with Crippen molar-refractivity contribution in [2.45, 2.75) is 13.3 Å². The van der Waals surface area contributed by atoms with E-state index in [0.29, 0.717) is 5.75 Å². The smallest absolute Gasteiger partial charge is 0.123 e. The molecule has 0 atom stereocenters. The van der Waals surface area contributed by atoms with Gasteiger partial charge in [-0.05, 0) is 23.3 Å². The van der Waals surface area contributed by atoms with Crippen LogP contribution in [0.1, 0.15) is 18.9 Å². The van der Waals surface area contributed by atoms with Gasteiger partial charge in [-0.1, -0.05) is 49.4 Å². The molecule has 0 amide bonds. The first kappa shape index (κ1) is 9.78. The van der Waals surface area contributed by atoms with Gasteiger partial charge in [0, 0.05) is 5.56 Å². The standard InChI is InChI=1S/C14H14O/c1-2-3-7-13-12-8-5-4-6-11(12)9-10-14(13)15/h3-10,15H,2H2,1H3. The minimum atomic E-state index is 0.346. The number of aromatic hydroxyl groups is 1. The van der Waals surface area contributed by atoms with Crippen molar-refractivity contribution < 1.29 is 5.11 Å². The molecule has 76 valence electrons. The van der Waals surface area contributed by atoms with Gasteiger partial charge in [-0.15, -0.1) is 0 Å². The molecular weight excluding hydrogens is 184 g/mol. The van der Waals surface area contributed by atoms with Crippen LogP contribution in [0.4, 0.5) is 0 Å². The summed E-state index contributed by atoms with van der Waals surface area (Å²) in [6.07, 6.45) is 5.02. The lowest BCUT2D eigenvalue weighted by Gasteiger charge is -2.04. The van der Waals surface area contributed by atoms with Gasteiger partial charge >= 0.3 is 0 Å². The van der Waals surface area contributed by atoms with E-state index in [1.165, 1.54) is 0 Å². The number of phenolic OH excluding ortho intramolecular Hbond substituents is 1. The number of allylic oxidation sites excluding steroid dienone is 1. The lowest BCUT2D eigenvalue weighted by molar-refractivity contribution is 0.475. The highest BCUT2D eigenvalue weighted by molar-refractivity contribution is 5.92. The molecule has 2 aromatic carbocycles. The SMILES string of the molecule is CCC=Cc1c(O)ccc2ccccc12. The summed E-state index contributed by atoms with van der Waals surface area (Å²) in [4.78, 5) is 0. The van der Waals surface area contributed by atoms with Crippen molar-refractivity contribution in [3.63, 3.8) is 0 Å². The molecule has 0 aliphatic heterocycles. The van der Waals surface area contributed by atoms with Crippen LogP contribution in [0.25, 0.3) is 16.8 Å². The molecule has 0 unspecified atom stereocenters. The predicted octanol–water partition coefficient (Wildman–Crippen LogP) is 3.97. The zero-order valence-corrected chi connectivity index (χ0v) is 8.77. The first-order valence-electron chi connectivity index (χ1n) is 5.20. The Hall–Kier alpha value is -1.76. The number of fused-ring (bicyclic) bond motifs is 1. The predicted molar refractivity (Wildman–Crippen MR) is 64.9 cm³/mol. The molecule has 0 bridgehead atoms. The van der Waals surface area contributed by atoms with Crippen molar-refractivity contribution in [3.8, 4) is 5.75 Å². The Balaban J connectivity index is 2.68.